The molecule has 7 heteroatoms. The summed E-state index contributed by atoms with van der Waals surface area (Å²) in [6.45, 7) is 5.91. The van der Waals surface area contributed by atoms with Crippen molar-refractivity contribution in [3.05, 3.63) is 103 Å². The number of aromatic nitrogens is 1. The summed E-state index contributed by atoms with van der Waals surface area (Å²) in [6.07, 6.45) is 5.10. The fraction of sp³-hybridized carbons (Fsp3) is 0.152. The largest absolute Gasteiger partial charge is 0.510 e. The third kappa shape index (κ3) is 4.94. The second-order valence-electron chi connectivity index (χ2n) is 10.6. The zero-order valence-electron chi connectivity index (χ0n) is 25.0. The second-order valence-corrected chi connectivity index (χ2v) is 12.5. The van der Waals surface area contributed by atoms with Crippen molar-refractivity contribution in [3.8, 4) is 22.1 Å². The normalized spacial score (nSPS) is 14.9. The average molecular weight is 743 g/mol. The Kier molecular flexibility index (Phi) is 6.08. The Bertz CT molecular complexity index is 2010. The summed E-state index contributed by atoms with van der Waals surface area (Å²) in [5.74, 6) is 0.518. The number of fused-ring (bicyclic) bond motifs is 3. The van der Waals surface area contributed by atoms with Gasteiger partial charge in [-0.1, -0.05) is 48.6 Å². The minimum atomic E-state index is -2.25. The van der Waals surface area contributed by atoms with Crippen molar-refractivity contribution in [3.63, 3.8) is 0 Å². The molecule has 0 aliphatic carbocycles. The van der Waals surface area contributed by atoms with Gasteiger partial charge in [0, 0.05) is 47.5 Å². The Labute approximate surface area is 261 Å². The number of nitrogens with zero attached hydrogens (tertiary/aromatic N) is 3. The van der Waals surface area contributed by atoms with Crippen LogP contribution in [0.25, 0.3) is 42.2 Å². The van der Waals surface area contributed by atoms with Gasteiger partial charge in [0.25, 0.3) is 0 Å². The molecule has 1 aliphatic rings. The molecule has 4 heterocycles. The van der Waals surface area contributed by atoms with Crippen molar-refractivity contribution >= 4 is 59.3 Å². The molecule has 6 aromatic rings. The first-order chi connectivity index (χ1) is 20.0. The molecule has 0 fully saturated rings. The molecule has 0 atom stereocenters. The van der Waals surface area contributed by atoms with Crippen molar-refractivity contribution in [2.24, 2.45) is 0 Å². The Morgan fingerprint density at radius 2 is 1.88 bits per heavy atom. The van der Waals surface area contributed by atoms with E-state index in [1.54, 1.807) is 22.4 Å². The topological polar surface area (TPSA) is 28.6 Å². The van der Waals surface area contributed by atoms with Crippen LogP contribution in [0.5, 0.6) is 10.8 Å². The van der Waals surface area contributed by atoms with Gasteiger partial charge in [0.2, 0.25) is 0 Å². The van der Waals surface area contributed by atoms with E-state index in [9.17, 15) is 0 Å². The van der Waals surface area contributed by atoms with Crippen LogP contribution in [0.2, 0.25) is 0 Å². The Balaban J connectivity index is 0.00000329. The summed E-state index contributed by atoms with van der Waals surface area (Å²) < 4.78 is 31.5. The zero-order chi connectivity index (χ0) is 29.2. The molecule has 0 radical (unpaired) electrons. The number of rotatable bonds is 4. The molecule has 7 rings (SSSR count). The Hall–Kier alpha value is -3.18. The number of benzene rings is 3. The molecule has 0 bridgehead atoms. The number of hydrogen-bond donors (Lipinski definition) is 0. The van der Waals surface area contributed by atoms with Gasteiger partial charge in [-0.15, -0.1) is 41.3 Å². The van der Waals surface area contributed by atoms with Crippen molar-refractivity contribution in [1.82, 2.24) is 9.88 Å². The molecule has 0 saturated heterocycles. The van der Waals surface area contributed by atoms with Gasteiger partial charge in [0.05, 0.1) is 0 Å². The van der Waals surface area contributed by atoms with Crippen LogP contribution in [0.3, 0.4) is 0 Å². The number of thiophene rings is 2. The summed E-state index contributed by atoms with van der Waals surface area (Å²) in [5, 5.41) is 7.22. The monoisotopic (exact) mass is 742 g/mol. The van der Waals surface area contributed by atoms with E-state index in [1.807, 2.05) is 24.4 Å². The summed E-state index contributed by atoms with van der Waals surface area (Å²) in [7, 11) is 0. The van der Waals surface area contributed by atoms with Crippen LogP contribution in [0.4, 0.5) is 5.69 Å². The molecule has 3 aromatic carbocycles. The molecule has 204 valence electrons. The maximum atomic E-state index is 7.64. The molecule has 0 spiro atoms. The van der Waals surface area contributed by atoms with Gasteiger partial charge in [-0.05, 0) is 70.8 Å². The van der Waals surface area contributed by atoms with Crippen LogP contribution < -0.4 is 9.64 Å². The summed E-state index contributed by atoms with van der Waals surface area (Å²) in [4.78, 5) is 7.74. The predicted molar refractivity (Wildman–Crippen MR) is 165 cm³/mol. The van der Waals surface area contributed by atoms with E-state index in [2.05, 4.69) is 74.7 Å². The molecule has 0 amide bonds. The maximum Gasteiger partial charge on any atom is 0.107 e. The first-order valence-electron chi connectivity index (χ1n) is 14.1. The van der Waals surface area contributed by atoms with E-state index in [4.69, 9.17) is 13.8 Å². The predicted octanol–water partition coefficient (Wildman–Crippen LogP) is 9.36. The van der Waals surface area contributed by atoms with Crippen molar-refractivity contribution < 1.29 is 29.9 Å². The molecule has 40 heavy (non-hydrogen) atoms. The molecular formula is C33H26N3OPtS2-3. The van der Waals surface area contributed by atoms with Gasteiger partial charge in [0.15, 0.2) is 0 Å². The molecule has 1 aliphatic heterocycles. The van der Waals surface area contributed by atoms with Gasteiger partial charge < -0.3 is 14.5 Å². The van der Waals surface area contributed by atoms with E-state index in [1.165, 1.54) is 44.8 Å². The minimum Gasteiger partial charge on any atom is -0.510 e. The molecule has 0 saturated carbocycles. The fourth-order valence-corrected chi connectivity index (χ4v) is 6.60. The minimum absolute atomic E-state index is 0. The van der Waals surface area contributed by atoms with Crippen LogP contribution in [0.1, 0.15) is 30.4 Å². The second kappa shape index (κ2) is 10.3. The maximum absolute atomic E-state index is 7.64. The van der Waals surface area contributed by atoms with E-state index in [0.29, 0.717) is 16.5 Å². The van der Waals surface area contributed by atoms with Crippen LogP contribution in [-0.2, 0) is 26.5 Å². The number of ether oxygens (including phenoxy) is 1. The van der Waals surface area contributed by atoms with Crippen LogP contribution >= 0.6 is 22.7 Å². The summed E-state index contributed by atoms with van der Waals surface area (Å²) in [5.41, 5.74) is 3.84. The van der Waals surface area contributed by atoms with Gasteiger partial charge in [0.1, 0.15) is 5.06 Å². The van der Waals surface area contributed by atoms with Gasteiger partial charge >= 0.3 is 0 Å². The third-order valence-corrected chi connectivity index (χ3v) is 8.65. The molecule has 3 aromatic heterocycles. The van der Waals surface area contributed by atoms with Crippen molar-refractivity contribution in [2.75, 3.05) is 11.9 Å². The Morgan fingerprint density at radius 3 is 2.70 bits per heavy atom. The third-order valence-electron chi connectivity index (χ3n) is 6.86. The molecule has 0 N–H and O–H groups in total. The summed E-state index contributed by atoms with van der Waals surface area (Å²) in [6, 6.07) is 25.5. The molecule has 0 unspecified atom stereocenters. The van der Waals surface area contributed by atoms with Crippen LogP contribution in [0.15, 0.2) is 78.6 Å². The summed E-state index contributed by atoms with van der Waals surface area (Å²) >= 11 is 3.28. The van der Waals surface area contributed by atoms with E-state index >= 15 is 0 Å². The van der Waals surface area contributed by atoms with Crippen molar-refractivity contribution in [2.45, 2.75) is 26.2 Å². The quantitative estimate of drug-likeness (QED) is 0.169. The van der Waals surface area contributed by atoms with E-state index in [0.717, 1.165) is 32.1 Å². The SMILES string of the molecule is [2H]C([2H])([2H])N1C=CN(c2[c-]c(Oc3[c-]c4c(-c5cc(C(C)(C)C)ccn5)c5cc6ccsc6cc5cc4s3)ccc2)[CH-]1.[Pt]. The average Bonchev–Trinajstić information content (AvgIpc) is 3.69. The fourth-order valence-electron chi connectivity index (χ4n) is 4.85. The first kappa shape index (κ1) is 23.5. The standard InChI is InChI=1S/C33H26N3OS2.Pt/c1-33(2,3)23-8-10-34-28(17-23)32-26-14-21-9-13-38-29(21)15-22(26)16-30-27(32)19-31(39-30)37-25-7-5-6-24(18-25)36-12-11-35(4)20-36;/h5-17,20H,1-4H3;/q-3;/i4D3;. The van der Waals surface area contributed by atoms with Gasteiger partial charge in [-0.3, -0.25) is 4.98 Å². The Morgan fingerprint density at radius 1 is 1.00 bits per heavy atom. The smallest absolute Gasteiger partial charge is 0.107 e. The van der Waals surface area contributed by atoms with E-state index < -0.39 is 6.98 Å². The first-order valence-corrected chi connectivity index (χ1v) is 14.3. The zero-order valence-corrected chi connectivity index (χ0v) is 25.9. The van der Waals surface area contributed by atoms with E-state index in [-0.39, 0.29) is 26.5 Å². The van der Waals surface area contributed by atoms with Crippen LogP contribution in [-0.4, -0.2) is 16.9 Å². The number of hydrogen-bond acceptors (Lipinski definition) is 6. The number of pyridine rings is 1. The van der Waals surface area contributed by atoms with Gasteiger partial charge in [-0.2, -0.15) is 29.5 Å². The van der Waals surface area contributed by atoms with Gasteiger partial charge in [-0.25, -0.2) is 0 Å². The van der Waals surface area contributed by atoms with Crippen LogP contribution in [0, 0.1) is 18.8 Å². The number of anilines is 1. The molecule has 4 nitrogen and oxygen atoms in total. The molecular weight excluding hydrogens is 714 g/mol. The van der Waals surface area contributed by atoms with Crippen molar-refractivity contribution in [1.29, 1.82) is 0 Å².